The predicted molar refractivity (Wildman–Crippen MR) is 157 cm³/mol. The fourth-order valence-electron chi connectivity index (χ4n) is 5.29. The van der Waals surface area contributed by atoms with Crippen LogP contribution in [0, 0.1) is 11.7 Å². The van der Waals surface area contributed by atoms with Crippen LogP contribution in [0.15, 0.2) is 77.7 Å². The van der Waals surface area contributed by atoms with Gasteiger partial charge in [-0.3, -0.25) is 9.69 Å². The minimum absolute atomic E-state index is 0.0702. The number of urea groups is 1. The minimum atomic E-state index is -4.49. The molecule has 1 saturated heterocycles. The van der Waals surface area contributed by atoms with Crippen molar-refractivity contribution >= 4 is 35.4 Å². The van der Waals surface area contributed by atoms with E-state index in [0.29, 0.717) is 12.0 Å². The van der Waals surface area contributed by atoms with E-state index in [9.17, 15) is 31.9 Å². The molecule has 3 unspecified atom stereocenters. The summed E-state index contributed by atoms with van der Waals surface area (Å²) in [5.41, 5.74) is -3.73. The fraction of sp³-hybridized carbons (Fsp3) is 0.258. The summed E-state index contributed by atoms with van der Waals surface area (Å²) in [7, 11) is 2.50. The number of anilines is 1. The van der Waals surface area contributed by atoms with Gasteiger partial charge in [0.25, 0.3) is 5.91 Å². The summed E-state index contributed by atoms with van der Waals surface area (Å²) in [4.78, 5) is 40.3. The highest BCUT2D eigenvalue weighted by Crippen LogP contribution is 2.39. The van der Waals surface area contributed by atoms with Crippen LogP contribution in [0.3, 0.4) is 0 Å². The summed E-state index contributed by atoms with van der Waals surface area (Å²) in [6.07, 6.45) is 3.40. The fourth-order valence-corrected chi connectivity index (χ4v) is 5.89. The second-order valence-corrected chi connectivity index (χ2v) is 11.2. The lowest BCUT2D eigenvalue weighted by Crippen LogP contribution is -2.54. The minimum Gasteiger partial charge on any atom is -0.496 e. The highest BCUT2D eigenvalue weighted by atomic mass is 32.2. The van der Waals surface area contributed by atoms with E-state index in [4.69, 9.17) is 14.2 Å². The number of alkyl halides is 3. The number of carbonyl (C=O) groups is 3. The van der Waals surface area contributed by atoms with Crippen LogP contribution >= 0.6 is 11.8 Å². The summed E-state index contributed by atoms with van der Waals surface area (Å²) in [6, 6.07) is 13.0. The summed E-state index contributed by atoms with van der Waals surface area (Å²) in [5.74, 6) is -2.69. The maximum absolute atomic E-state index is 15.0. The molecule has 236 valence electrons. The van der Waals surface area contributed by atoms with Gasteiger partial charge in [0.15, 0.2) is 11.6 Å². The van der Waals surface area contributed by atoms with Gasteiger partial charge in [0.2, 0.25) is 0 Å². The van der Waals surface area contributed by atoms with Gasteiger partial charge in [-0.2, -0.15) is 13.2 Å². The van der Waals surface area contributed by atoms with Gasteiger partial charge in [-0.1, -0.05) is 36.4 Å². The Kier molecular flexibility index (Phi) is 9.23. The van der Waals surface area contributed by atoms with Crippen LogP contribution in [0.1, 0.15) is 32.7 Å². The van der Waals surface area contributed by atoms with Gasteiger partial charge in [0, 0.05) is 28.1 Å². The second kappa shape index (κ2) is 13.1. The van der Waals surface area contributed by atoms with Crippen molar-refractivity contribution in [3.8, 4) is 11.5 Å². The Bertz CT molecular complexity index is 1650. The molecule has 3 aromatic rings. The van der Waals surface area contributed by atoms with E-state index >= 15 is 0 Å². The number of halogens is 4. The number of nitrogens with zero attached hydrogens (tertiary/aromatic N) is 1. The first kappa shape index (κ1) is 31.7. The summed E-state index contributed by atoms with van der Waals surface area (Å²) in [6.45, 7) is -0.205. The first-order chi connectivity index (χ1) is 21.5. The molecule has 0 radical (unpaired) electrons. The third-order valence-electron chi connectivity index (χ3n) is 7.29. The Balaban J connectivity index is 1.33. The summed E-state index contributed by atoms with van der Waals surface area (Å²) >= 11 is -0.299. The van der Waals surface area contributed by atoms with E-state index in [1.807, 2.05) is 12.2 Å². The molecule has 3 amide bonds. The lowest BCUT2D eigenvalue weighted by atomic mass is 10.1. The second-order valence-electron chi connectivity index (χ2n) is 10.1. The highest BCUT2D eigenvalue weighted by molar-refractivity contribution is 8.00. The standard InChI is InChI=1S/C31H27F4N3O6S/c1-42-25-15-24(32)26(44-16-18-6-3-4-9-22(18)29(40)43-2)14-23(25)28(39)37-27-17-10-11-20(12-17)38(27)30(41)36-19-7-5-8-21(13-19)45-31(33,34)35/h3-11,13-15,17,20,27H,12,16H2,1-2H3,(H,36,41)(H,37,39). The number of amides is 3. The maximum atomic E-state index is 15.0. The average molecular weight is 646 g/mol. The molecule has 9 nitrogen and oxygen atoms in total. The van der Waals surface area contributed by atoms with Gasteiger partial charge in [0.05, 0.1) is 31.4 Å². The Morgan fingerprint density at radius 1 is 0.978 bits per heavy atom. The average Bonchev–Trinajstić information content (AvgIpc) is 3.61. The highest BCUT2D eigenvalue weighted by Gasteiger charge is 2.46. The number of rotatable bonds is 9. The Hall–Kier alpha value is -4.72. The lowest BCUT2D eigenvalue weighted by molar-refractivity contribution is -0.0328. The number of benzene rings is 3. The van der Waals surface area contributed by atoms with Crippen molar-refractivity contribution in [2.75, 3.05) is 19.5 Å². The zero-order chi connectivity index (χ0) is 32.3. The van der Waals surface area contributed by atoms with Gasteiger partial charge in [-0.15, -0.1) is 0 Å². The monoisotopic (exact) mass is 645 g/mol. The third-order valence-corrected chi connectivity index (χ3v) is 8.01. The number of likely N-dealkylation sites (tertiary alicyclic amines) is 1. The number of thioether (sulfide) groups is 1. The molecule has 0 spiro atoms. The number of nitrogens with one attached hydrogen (secondary N) is 2. The van der Waals surface area contributed by atoms with Crippen molar-refractivity contribution in [3.63, 3.8) is 0 Å². The molecule has 0 aromatic heterocycles. The Morgan fingerprint density at radius 3 is 2.49 bits per heavy atom. The normalized spacial score (nSPS) is 18.4. The van der Waals surface area contributed by atoms with Crippen LogP contribution in [0.25, 0.3) is 0 Å². The van der Waals surface area contributed by atoms with Crippen LogP contribution in [-0.4, -0.2) is 54.7 Å². The van der Waals surface area contributed by atoms with E-state index in [1.54, 1.807) is 18.2 Å². The van der Waals surface area contributed by atoms with Crippen molar-refractivity contribution in [3.05, 3.63) is 95.3 Å². The number of carbonyl (C=O) groups excluding carboxylic acids is 3. The first-order valence-electron chi connectivity index (χ1n) is 13.6. The van der Waals surface area contributed by atoms with Gasteiger partial charge in [0.1, 0.15) is 18.5 Å². The number of hydrogen-bond donors (Lipinski definition) is 2. The molecule has 1 aliphatic carbocycles. The van der Waals surface area contributed by atoms with E-state index in [-0.39, 0.29) is 63.5 Å². The number of hydrogen-bond acceptors (Lipinski definition) is 7. The molecule has 3 atom stereocenters. The van der Waals surface area contributed by atoms with Crippen molar-refractivity contribution in [2.45, 2.75) is 35.6 Å². The van der Waals surface area contributed by atoms with Crippen LogP contribution in [0.2, 0.25) is 0 Å². The molecule has 5 rings (SSSR count). The molecule has 0 saturated carbocycles. The van der Waals surface area contributed by atoms with Crippen molar-refractivity contribution < 1.29 is 46.2 Å². The lowest BCUT2D eigenvalue weighted by Gasteiger charge is -2.33. The third kappa shape index (κ3) is 7.17. The predicted octanol–water partition coefficient (Wildman–Crippen LogP) is 6.36. The van der Waals surface area contributed by atoms with E-state index in [2.05, 4.69) is 10.6 Å². The zero-order valence-electron chi connectivity index (χ0n) is 23.9. The number of methoxy groups -OCH3 is 2. The molecule has 45 heavy (non-hydrogen) atoms. The number of ether oxygens (including phenoxy) is 3. The number of fused-ring (bicyclic) bond motifs is 2. The number of esters is 1. The molecule has 2 aliphatic rings. The first-order valence-corrected chi connectivity index (χ1v) is 14.4. The van der Waals surface area contributed by atoms with E-state index in [1.165, 1.54) is 55.5 Å². The van der Waals surface area contributed by atoms with E-state index in [0.717, 1.165) is 6.07 Å². The van der Waals surface area contributed by atoms with E-state index < -0.39 is 35.4 Å². The molecule has 1 heterocycles. The smallest absolute Gasteiger partial charge is 0.446 e. The molecular formula is C31H27F4N3O6S. The molecule has 2 N–H and O–H groups in total. The quantitative estimate of drug-likeness (QED) is 0.121. The molecule has 3 aromatic carbocycles. The van der Waals surface area contributed by atoms with Crippen LogP contribution in [-0.2, 0) is 11.3 Å². The van der Waals surface area contributed by atoms with Gasteiger partial charge < -0.3 is 24.8 Å². The summed E-state index contributed by atoms with van der Waals surface area (Å²) < 4.78 is 69.2. The molecule has 14 heteroatoms. The van der Waals surface area contributed by atoms with Crippen molar-refractivity contribution in [2.24, 2.45) is 5.92 Å². The van der Waals surface area contributed by atoms with Crippen LogP contribution < -0.4 is 20.1 Å². The van der Waals surface area contributed by atoms with Gasteiger partial charge in [-0.05, 0) is 48.5 Å². The molecule has 1 aliphatic heterocycles. The van der Waals surface area contributed by atoms with Gasteiger partial charge in [-0.25, -0.2) is 14.0 Å². The summed E-state index contributed by atoms with van der Waals surface area (Å²) in [5, 5.41) is 5.44. The molecule has 1 fully saturated rings. The van der Waals surface area contributed by atoms with Crippen LogP contribution in [0.5, 0.6) is 11.5 Å². The Morgan fingerprint density at radius 2 is 1.76 bits per heavy atom. The maximum Gasteiger partial charge on any atom is 0.446 e. The SMILES string of the molecule is COC(=O)c1ccccc1COc1cc(C(=O)NC2C3C=CC(C3)N2C(=O)Nc2cccc(SC(F)(F)F)c2)c(OC)cc1F. The zero-order valence-corrected chi connectivity index (χ0v) is 24.7. The van der Waals surface area contributed by atoms with Gasteiger partial charge >= 0.3 is 17.5 Å². The topological polar surface area (TPSA) is 106 Å². The Labute approximate surface area is 259 Å². The largest absolute Gasteiger partial charge is 0.496 e. The molecular weight excluding hydrogens is 618 g/mol. The van der Waals surface area contributed by atoms with Crippen molar-refractivity contribution in [1.82, 2.24) is 10.2 Å². The molecule has 2 bridgehead atoms. The van der Waals surface area contributed by atoms with Crippen molar-refractivity contribution in [1.29, 1.82) is 0 Å². The van der Waals surface area contributed by atoms with Crippen LogP contribution in [0.4, 0.5) is 28.0 Å².